The molecule has 2 aromatic heterocycles. The van der Waals surface area contributed by atoms with Gasteiger partial charge in [0.05, 0.1) is 27.8 Å². The van der Waals surface area contributed by atoms with E-state index < -0.39 is 0 Å². The molecule has 0 unspecified atom stereocenters. The first kappa shape index (κ1) is 15.7. The molecule has 6 nitrogen and oxygen atoms in total. The Labute approximate surface area is 154 Å². The molecule has 2 aliphatic rings. The summed E-state index contributed by atoms with van der Waals surface area (Å²) in [6.45, 7) is 2.99. The van der Waals surface area contributed by atoms with Gasteiger partial charge in [0.25, 0.3) is 0 Å². The number of piperidine rings is 1. The molecule has 0 atom stereocenters. The molecule has 1 saturated heterocycles. The molecule has 5 rings (SSSR count). The maximum Gasteiger partial charge on any atom is 0.165 e. The van der Waals surface area contributed by atoms with Crippen molar-refractivity contribution >= 4 is 33.2 Å². The van der Waals surface area contributed by atoms with E-state index in [0.717, 1.165) is 48.8 Å². The van der Waals surface area contributed by atoms with Crippen molar-refractivity contribution < 1.29 is 0 Å². The number of likely N-dealkylation sites (tertiary alicyclic amines) is 1. The Hall–Kier alpha value is -1.57. The van der Waals surface area contributed by atoms with Crippen molar-refractivity contribution in [2.45, 2.75) is 44.2 Å². The standard InChI is InChI=1S/C17H19ClN6S/c18-12-1-4-15-14(9-12)19-17(25-15)11-5-7-23(8-6-11)10-16-20-21-22-24(16)13-2-3-13/h1,4,9,11,13H,2-3,5-8,10H2. The van der Waals surface area contributed by atoms with Crippen LogP contribution in [0.3, 0.4) is 0 Å². The number of thiazole rings is 1. The van der Waals surface area contributed by atoms with Crippen LogP contribution in [0.1, 0.15) is 48.5 Å². The van der Waals surface area contributed by atoms with Gasteiger partial charge in [0, 0.05) is 10.9 Å². The molecule has 1 saturated carbocycles. The van der Waals surface area contributed by atoms with E-state index in [1.165, 1.54) is 22.5 Å². The van der Waals surface area contributed by atoms with E-state index in [4.69, 9.17) is 16.6 Å². The number of rotatable bonds is 4. The third-order valence-corrected chi connectivity index (χ3v) is 6.56. The number of benzene rings is 1. The third kappa shape index (κ3) is 3.16. The summed E-state index contributed by atoms with van der Waals surface area (Å²) in [5.41, 5.74) is 1.03. The molecule has 0 spiro atoms. The van der Waals surface area contributed by atoms with E-state index in [9.17, 15) is 0 Å². The zero-order valence-corrected chi connectivity index (χ0v) is 15.4. The second-order valence-electron chi connectivity index (χ2n) is 6.99. The lowest BCUT2D eigenvalue weighted by atomic mass is 9.97. The highest BCUT2D eigenvalue weighted by atomic mass is 35.5. The highest BCUT2D eigenvalue weighted by molar-refractivity contribution is 7.18. The van der Waals surface area contributed by atoms with Crippen LogP contribution in [0.15, 0.2) is 18.2 Å². The molecule has 1 aromatic carbocycles. The van der Waals surface area contributed by atoms with Crippen molar-refractivity contribution in [3.8, 4) is 0 Å². The first-order valence-electron chi connectivity index (χ1n) is 8.81. The molecular weight excluding hydrogens is 356 g/mol. The predicted octanol–water partition coefficient (Wildman–Crippen LogP) is 3.65. The van der Waals surface area contributed by atoms with Gasteiger partial charge in [-0.3, -0.25) is 4.90 Å². The van der Waals surface area contributed by atoms with Gasteiger partial charge in [0.15, 0.2) is 5.82 Å². The van der Waals surface area contributed by atoms with Crippen molar-refractivity contribution in [1.82, 2.24) is 30.1 Å². The minimum atomic E-state index is 0.539. The van der Waals surface area contributed by atoms with E-state index in [1.807, 2.05) is 28.2 Å². The van der Waals surface area contributed by atoms with Crippen molar-refractivity contribution in [1.29, 1.82) is 0 Å². The Bertz CT molecular complexity index is 894. The lowest BCUT2D eigenvalue weighted by Crippen LogP contribution is -2.33. The summed E-state index contributed by atoms with van der Waals surface area (Å²) in [6.07, 6.45) is 4.70. The minimum absolute atomic E-state index is 0.539. The van der Waals surface area contributed by atoms with Gasteiger partial charge >= 0.3 is 0 Å². The Morgan fingerprint density at radius 1 is 1.16 bits per heavy atom. The zero-order chi connectivity index (χ0) is 16.8. The number of aromatic nitrogens is 5. The largest absolute Gasteiger partial charge is 0.296 e. The fourth-order valence-corrected chi connectivity index (χ4v) is 4.83. The number of nitrogens with zero attached hydrogens (tertiary/aromatic N) is 6. The molecule has 3 heterocycles. The van der Waals surface area contributed by atoms with Gasteiger partial charge in [0.2, 0.25) is 0 Å². The molecule has 1 aliphatic heterocycles. The average molecular weight is 375 g/mol. The second-order valence-corrected chi connectivity index (χ2v) is 8.48. The average Bonchev–Trinajstić information content (AvgIpc) is 3.21. The van der Waals surface area contributed by atoms with E-state index in [-0.39, 0.29) is 0 Å². The summed E-state index contributed by atoms with van der Waals surface area (Å²) in [4.78, 5) is 7.29. The normalized spacial score (nSPS) is 19.7. The Balaban J connectivity index is 1.25. The van der Waals surface area contributed by atoms with Crippen LogP contribution in [0.5, 0.6) is 0 Å². The fourth-order valence-electron chi connectivity index (χ4n) is 3.55. The van der Waals surface area contributed by atoms with Crippen LogP contribution < -0.4 is 0 Å². The molecule has 3 aromatic rings. The van der Waals surface area contributed by atoms with Crippen LogP contribution in [-0.2, 0) is 6.54 Å². The first-order chi connectivity index (χ1) is 12.3. The van der Waals surface area contributed by atoms with Gasteiger partial charge in [-0.25, -0.2) is 9.67 Å². The quantitative estimate of drug-likeness (QED) is 0.697. The highest BCUT2D eigenvalue weighted by Crippen LogP contribution is 2.36. The topological polar surface area (TPSA) is 59.7 Å². The maximum absolute atomic E-state index is 6.08. The second kappa shape index (κ2) is 6.30. The first-order valence-corrected chi connectivity index (χ1v) is 10.0. The summed E-state index contributed by atoms with van der Waals surface area (Å²) in [7, 11) is 0. The SMILES string of the molecule is Clc1ccc2sc(C3CCN(Cc4nnnn4C4CC4)CC3)nc2c1. The van der Waals surface area contributed by atoms with E-state index >= 15 is 0 Å². The van der Waals surface area contributed by atoms with Crippen molar-refractivity contribution in [2.24, 2.45) is 0 Å². The molecule has 1 aliphatic carbocycles. The summed E-state index contributed by atoms with van der Waals surface area (Å²) >= 11 is 7.89. The monoisotopic (exact) mass is 374 g/mol. The molecule has 25 heavy (non-hydrogen) atoms. The van der Waals surface area contributed by atoms with E-state index in [0.29, 0.717) is 12.0 Å². The molecule has 2 fully saturated rings. The lowest BCUT2D eigenvalue weighted by Gasteiger charge is -2.30. The van der Waals surface area contributed by atoms with Gasteiger partial charge in [-0.15, -0.1) is 16.4 Å². The van der Waals surface area contributed by atoms with Crippen LogP contribution in [0, 0.1) is 0 Å². The molecule has 0 N–H and O–H groups in total. The van der Waals surface area contributed by atoms with Gasteiger partial charge in [0.1, 0.15) is 0 Å². The molecule has 8 heteroatoms. The zero-order valence-electron chi connectivity index (χ0n) is 13.8. The Morgan fingerprint density at radius 3 is 2.80 bits per heavy atom. The van der Waals surface area contributed by atoms with Gasteiger partial charge in [-0.1, -0.05) is 11.6 Å². The number of hydrogen-bond acceptors (Lipinski definition) is 6. The summed E-state index contributed by atoms with van der Waals surface area (Å²) in [5, 5.41) is 14.2. The van der Waals surface area contributed by atoms with Crippen LogP contribution in [0.2, 0.25) is 5.02 Å². The van der Waals surface area contributed by atoms with E-state index in [2.05, 4.69) is 26.5 Å². The smallest absolute Gasteiger partial charge is 0.165 e. The third-order valence-electron chi connectivity index (χ3n) is 5.12. The van der Waals surface area contributed by atoms with Crippen molar-refractivity contribution in [3.63, 3.8) is 0 Å². The Morgan fingerprint density at radius 2 is 2.00 bits per heavy atom. The van der Waals surface area contributed by atoms with E-state index in [1.54, 1.807) is 0 Å². The van der Waals surface area contributed by atoms with Crippen molar-refractivity contribution in [3.05, 3.63) is 34.1 Å². The number of halogens is 1. The highest BCUT2D eigenvalue weighted by Gasteiger charge is 2.29. The van der Waals surface area contributed by atoms with Gasteiger partial charge < -0.3 is 0 Å². The molecule has 0 radical (unpaired) electrons. The van der Waals surface area contributed by atoms with Crippen LogP contribution in [0.25, 0.3) is 10.2 Å². The number of tetrazole rings is 1. The maximum atomic E-state index is 6.08. The predicted molar refractivity (Wildman–Crippen MR) is 98.0 cm³/mol. The van der Waals surface area contributed by atoms with Gasteiger partial charge in [-0.2, -0.15) is 0 Å². The lowest BCUT2D eigenvalue weighted by molar-refractivity contribution is 0.197. The molecule has 130 valence electrons. The fraction of sp³-hybridized carbons (Fsp3) is 0.529. The van der Waals surface area contributed by atoms with Crippen LogP contribution >= 0.6 is 22.9 Å². The summed E-state index contributed by atoms with van der Waals surface area (Å²) in [6, 6.07) is 6.52. The minimum Gasteiger partial charge on any atom is -0.296 e. The molecule has 0 bridgehead atoms. The van der Waals surface area contributed by atoms with Crippen LogP contribution in [0.4, 0.5) is 0 Å². The molecule has 0 amide bonds. The summed E-state index contributed by atoms with van der Waals surface area (Å²) < 4.78 is 3.24. The molecular formula is C17H19ClN6S. The number of hydrogen-bond donors (Lipinski definition) is 0. The Kier molecular flexibility index (Phi) is 3.95. The summed E-state index contributed by atoms with van der Waals surface area (Å²) in [5.74, 6) is 1.56. The van der Waals surface area contributed by atoms with Gasteiger partial charge in [-0.05, 0) is 67.4 Å². The number of fused-ring (bicyclic) bond motifs is 1. The van der Waals surface area contributed by atoms with Crippen LogP contribution in [-0.4, -0.2) is 43.2 Å². The van der Waals surface area contributed by atoms with Crippen molar-refractivity contribution in [2.75, 3.05) is 13.1 Å².